The Labute approximate surface area is 109 Å². The molecule has 0 amide bonds. The molecule has 0 heterocycles. The Balaban J connectivity index is 2.55. The molecule has 1 rings (SSSR count). The van der Waals surface area contributed by atoms with Crippen LogP contribution in [0, 0.1) is 0 Å². The summed E-state index contributed by atoms with van der Waals surface area (Å²) in [5.41, 5.74) is -0.314. The molecule has 0 saturated heterocycles. The van der Waals surface area contributed by atoms with E-state index >= 15 is 0 Å². The highest BCUT2D eigenvalue weighted by molar-refractivity contribution is 5.31. The number of ether oxygens (including phenoxy) is 2. The lowest BCUT2D eigenvalue weighted by atomic mass is 9.96. The van der Waals surface area contributed by atoms with Crippen LogP contribution in [0.15, 0.2) is 24.3 Å². The average molecular weight is 253 g/mol. The summed E-state index contributed by atoms with van der Waals surface area (Å²) in [4.78, 5) is 0. The summed E-state index contributed by atoms with van der Waals surface area (Å²) in [6.07, 6.45) is 0.745. The molecule has 102 valence electrons. The first-order valence-electron chi connectivity index (χ1n) is 6.13. The highest BCUT2D eigenvalue weighted by atomic mass is 16.5. The summed E-state index contributed by atoms with van der Waals surface area (Å²) >= 11 is 0. The third-order valence-electron chi connectivity index (χ3n) is 3.09. The summed E-state index contributed by atoms with van der Waals surface area (Å²) in [5.74, 6) is 1.62. The largest absolute Gasteiger partial charge is 0.497 e. The maximum atomic E-state index is 9.33. The van der Waals surface area contributed by atoms with Crippen LogP contribution in [0.5, 0.6) is 11.5 Å². The minimum atomic E-state index is -0.314. The van der Waals surface area contributed by atoms with Gasteiger partial charge in [-0.1, -0.05) is 0 Å². The van der Waals surface area contributed by atoms with Crippen LogP contribution in [-0.4, -0.2) is 37.5 Å². The van der Waals surface area contributed by atoms with Crippen LogP contribution in [0.1, 0.15) is 20.3 Å². The molecule has 2 unspecified atom stereocenters. The fourth-order valence-corrected chi connectivity index (χ4v) is 1.81. The smallest absolute Gasteiger partial charge is 0.119 e. The Hall–Kier alpha value is -1.26. The van der Waals surface area contributed by atoms with Crippen molar-refractivity contribution in [3.8, 4) is 11.5 Å². The third-order valence-corrected chi connectivity index (χ3v) is 3.09. The van der Waals surface area contributed by atoms with E-state index in [-0.39, 0.29) is 18.2 Å². The quantitative estimate of drug-likeness (QED) is 0.778. The van der Waals surface area contributed by atoms with E-state index in [9.17, 15) is 5.11 Å². The summed E-state index contributed by atoms with van der Waals surface area (Å²) in [7, 11) is 3.48. The number of aliphatic hydroxyl groups is 1. The molecule has 0 aliphatic carbocycles. The van der Waals surface area contributed by atoms with Gasteiger partial charge >= 0.3 is 0 Å². The standard InChI is InChI=1S/C14H23NO3/c1-11(9-14(2,10-16)15-3)18-13-7-5-12(17-4)6-8-13/h5-8,11,15-16H,9-10H2,1-4H3. The molecule has 2 atom stereocenters. The molecular formula is C14H23NO3. The SMILES string of the molecule is CNC(C)(CO)CC(C)Oc1ccc(OC)cc1. The van der Waals surface area contributed by atoms with Gasteiger partial charge in [-0.2, -0.15) is 0 Å². The molecule has 0 aliphatic rings. The van der Waals surface area contributed by atoms with Crippen LogP contribution in [0.4, 0.5) is 0 Å². The van der Waals surface area contributed by atoms with Crippen LogP contribution in [0.3, 0.4) is 0 Å². The second-order valence-electron chi connectivity index (χ2n) is 4.78. The monoisotopic (exact) mass is 253 g/mol. The summed E-state index contributed by atoms with van der Waals surface area (Å²) in [6, 6.07) is 7.49. The number of methoxy groups -OCH3 is 1. The van der Waals surface area contributed by atoms with E-state index < -0.39 is 0 Å². The first-order chi connectivity index (χ1) is 8.53. The Morgan fingerprint density at radius 2 is 1.83 bits per heavy atom. The number of hydrogen-bond acceptors (Lipinski definition) is 4. The molecule has 18 heavy (non-hydrogen) atoms. The number of nitrogens with one attached hydrogen (secondary N) is 1. The molecular weight excluding hydrogens is 230 g/mol. The van der Waals surface area contributed by atoms with Gasteiger partial charge in [-0.3, -0.25) is 0 Å². The van der Waals surface area contributed by atoms with Crippen molar-refractivity contribution in [1.82, 2.24) is 5.32 Å². The van der Waals surface area contributed by atoms with Crippen molar-refractivity contribution in [2.45, 2.75) is 31.9 Å². The van der Waals surface area contributed by atoms with E-state index in [0.717, 1.165) is 17.9 Å². The van der Waals surface area contributed by atoms with Crippen molar-refractivity contribution >= 4 is 0 Å². The van der Waals surface area contributed by atoms with E-state index in [2.05, 4.69) is 5.32 Å². The van der Waals surface area contributed by atoms with E-state index in [4.69, 9.17) is 9.47 Å². The van der Waals surface area contributed by atoms with Crippen LogP contribution < -0.4 is 14.8 Å². The summed E-state index contributed by atoms with van der Waals surface area (Å²) in [5, 5.41) is 12.4. The van der Waals surface area contributed by atoms with Gasteiger partial charge in [-0.15, -0.1) is 0 Å². The number of benzene rings is 1. The van der Waals surface area contributed by atoms with Gasteiger partial charge in [0.15, 0.2) is 0 Å². The van der Waals surface area contributed by atoms with Crippen LogP contribution >= 0.6 is 0 Å². The molecule has 0 fully saturated rings. The number of hydrogen-bond donors (Lipinski definition) is 2. The van der Waals surface area contributed by atoms with Crippen LogP contribution in [0.2, 0.25) is 0 Å². The van der Waals surface area contributed by atoms with E-state index in [1.165, 1.54) is 0 Å². The maximum absolute atomic E-state index is 9.33. The molecule has 0 bridgehead atoms. The van der Waals surface area contributed by atoms with E-state index in [1.807, 2.05) is 45.2 Å². The molecule has 0 spiro atoms. The van der Waals surface area contributed by atoms with Crippen molar-refractivity contribution in [3.63, 3.8) is 0 Å². The zero-order chi connectivity index (χ0) is 13.6. The molecule has 4 nitrogen and oxygen atoms in total. The highest BCUT2D eigenvalue weighted by Gasteiger charge is 2.24. The molecule has 2 N–H and O–H groups in total. The second kappa shape index (κ2) is 6.61. The van der Waals surface area contributed by atoms with Gasteiger partial charge in [0.25, 0.3) is 0 Å². The minimum Gasteiger partial charge on any atom is -0.497 e. The first kappa shape index (κ1) is 14.8. The first-order valence-corrected chi connectivity index (χ1v) is 6.13. The topological polar surface area (TPSA) is 50.7 Å². The lowest BCUT2D eigenvalue weighted by Gasteiger charge is -2.30. The van der Waals surface area contributed by atoms with Gasteiger partial charge < -0.3 is 19.9 Å². The van der Waals surface area contributed by atoms with Crippen molar-refractivity contribution in [1.29, 1.82) is 0 Å². The average Bonchev–Trinajstić information content (AvgIpc) is 2.39. The molecule has 0 saturated carbocycles. The molecule has 1 aromatic rings. The third kappa shape index (κ3) is 4.20. The number of aliphatic hydroxyl groups excluding tert-OH is 1. The lowest BCUT2D eigenvalue weighted by Crippen LogP contribution is -2.46. The molecule has 0 aromatic heterocycles. The van der Waals surface area contributed by atoms with Crippen molar-refractivity contribution in [2.75, 3.05) is 20.8 Å². The Morgan fingerprint density at radius 3 is 2.28 bits per heavy atom. The molecule has 0 aliphatic heterocycles. The lowest BCUT2D eigenvalue weighted by molar-refractivity contribution is 0.115. The fraction of sp³-hybridized carbons (Fsp3) is 0.571. The Bertz CT molecular complexity index is 347. The summed E-state index contributed by atoms with van der Waals surface area (Å²) < 4.78 is 10.9. The van der Waals surface area contributed by atoms with Gasteiger partial charge in [0.1, 0.15) is 11.5 Å². The van der Waals surface area contributed by atoms with Gasteiger partial charge in [-0.25, -0.2) is 0 Å². The van der Waals surface area contributed by atoms with Crippen molar-refractivity contribution < 1.29 is 14.6 Å². The number of likely N-dealkylation sites (N-methyl/N-ethyl adjacent to an activating group) is 1. The minimum absolute atomic E-state index is 0.0167. The second-order valence-corrected chi connectivity index (χ2v) is 4.78. The predicted octanol–water partition coefficient (Wildman–Crippen LogP) is 1.82. The van der Waals surface area contributed by atoms with E-state index in [1.54, 1.807) is 7.11 Å². The summed E-state index contributed by atoms with van der Waals surface area (Å²) in [6.45, 7) is 4.05. The highest BCUT2D eigenvalue weighted by Crippen LogP contribution is 2.21. The molecule has 1 aromatic carbocycles. The van der Waals surface area contributed by atoms with Gasteiger partial charge in [0.2, 0.25) is 0 Å². The fourth-order valence-electron chi connectivity index (χ4n) is 1.81. The van der Waals surface area contributed by atoms with Gasteiger partial charge in [-0.05, 0) is 45.2 Å². The van der Waals surface area contributed by atoms with Crippen LogP contribution in [0.25, 0.3) is 0 Å². The van der Waals surface area contributed by atoms with Gasteiger partial charge in [0.05, 0.1) is 19.8 Å². The van der Waals surface area contributed by atoms with Crippen molar-refractivity contribution in [3.05, 3.63) is 24.3 Å². The maximum Gasteiger partial charge on any atom is 0.119 e. The zero-order valence-corrected chi connectivity index (χ0v) is 11.6. The Kier molecular flexibility index (Phi) is 5.44. The van der Waals surface area contributed by atoms with Crippen LogP contribution in [-0.2, 0) is 0 Å². The molecule has 0 radical (unpaired) electrons. The Morgan fingerprint density at radius 1 is 1.28 bits per heavy atom. The van der Waals surface area contributed by atoms with Gasteiger partial charge in [0, 0.05) is 12.0 Å². The normalized spacial score (nSPS) is 15.8. The van der Waals surface area contributed by atoms with E-state index in [0.29, 0.717) is 0 Å². The number of rotatable bonds is 7. The molecule has 4 heteroatoms. The predicted molar refractivity (Wildman–Crippen MR) is 72.3 cm³/mol. The zero-order valence-electron chi connectivity index (χ0n) is 11.6. The van der Waals surface area contributed by atoms with Crippen molar-refractivity contribution in [2.24, 2.45) is 0 Å².